The molecule has 0 unspecified atom stereocenters. The molecule has 217 valence electrons. The van der Waals surface area contributed by atoms with Gasteiger partial charge in [0.25, 0.3) is 0 Å². The van der Waals surface area contributed by atoms with Crippen LogP contribution in [0.5, 0.6) is 0 Å². The number of hydrogen-bond donors (Lipinski definition) is 0. The molecule has 0 N–H and O–H groups in total. The molecule has 17 heteroatoms. The van der Waals surface area contributed by atoms with Crippen LogP contribution < -0.4 is 0 Å². The Labute approximate surface area is 194 Å². The lowest BCUT2D eigenvalue weighted by atomic mass is 9.87. The summed E-state index contributed by atoms with van der Waals surface area (Å²) in [6.45, 7) is 3.58. The van der Waals surface area contributed by atoms with E-state index in [9.17, 15) is 74.6 Å². The standard InChI is InChI=1S/C19H22F17/c1-2-3-4-5-6-7-8-9-10-11-12(20,21)13(22,23)14(24,25)15(26,27)16(28,29)17(30,31)18(32,33)19(34,35)36/h1-11H2. The third kappa shape index (κ3) is 6.09. The summed E-state index contributed by atoms with van der Waals surface area (Å²) in [7, 11) is 0. The molecule has 0 saturated heterocycles. The zero-order valence-electron chi connectivity index (χ0n) is 18.2. The second-order valence-electron chi connectivity index (χ2n) is 8.08. The molecule has 0 nitrogen and oxygen atoms in total. The van der Waals surface area contributed by atoms with Crippen LogP contribution in [0.4, 0.5) is 74.6 Å². The maximum absolute atomic E-state index is 13.7. The lowest BCUT2D eigenvalue weighted by molar-refractivity contribution is -0.461. The molecule has 1 radical (unpaired) electrons. The first-order chi connectivity index (χ1) is 15.8. The second kappa shape index (κ2) is 11.3. The first-order valence-corrected chi connectivity index (χ1v) is 10.3. The van der Waals surface area contributed by atoms with Gasteiger partial charge in [-0.1, -0.05) is 58.3 Å². The summed E-state index contributed by atoms with van der Waals surface area (Å²) >= 11 is 0. The van der Waals surface area contributed by atoms with Crippen molar-refractivity contribution in [2.24, 2.45) is 0 Å². The highest BCUT2D eigenvalue weighted by Crippen LogP contribution is 2.64. The van der Waals surface area contributed by atoms with Crippen molar-refractivity contribution in [1.82, 2.24) is 0 Å². The van der Waals surface area contributed by atoms with E-state index >= 15 is 0 Å². The predicted molar refractivity (Wildman–Crippen MR) is 92.2 cm³/mol. The minimum atomic E-state index is -8.57. The first-order valence-electron chi connectivity index (χ1n) is 10.3. The van der Waals surface area contributed by atoms with Crippen molar-refractivity contribution in [3.05, 3.63) is 6.92 Å². The smallest absolute Gasteiger partial charge is 0.200 e. The summed E-state index contributed by atoms with van der Waals surface area (Å²) in [4.78, 5) is 0. The van der Waals surface area contributed by atoms with Crippen LogP contribution in [-0.2, 0) is 0 Å². The Morgan fingerprint density at radius 3 is 0.944 bits per heavy atom. The summed E-state index contributed by atoms with van der Waals surface area (Å²) in [5.41, 5.74) is 0. The minimum absolute atomic E-state index is 0.0788. The molecule has 0 aliphatic carbocycles. The van der Waals surface area contributed by atoms with E-state index in [-0.39, 0.29) is 12.8 Å². The van der Waals surface area contributed by atoms with Gasteiger partial charge in [0, 0.05) is 6.42 Å². The lowest BCUT2D eigenvalue weighted by Crippen LogP contribution is -2.74. The number of rotatable bonds is 16. The van der Waals surface area contributed by atoms with Gasteiger partial charge in [0.1, 0.15) is 0 Å². The van der Waals surface area contributed by atoms with Gasteiger partial charge >= 0.3 is 47.6 Å². The number of hydrogen-bond acceptors (Lipinski definition) is 0. The quantitative estimate of drug-likeness (QED) is 0.127. The average Bonchev–Trinajstić information content (AvgIpc) is 2.70. The molecule has 0 aromatic carbocycles. The molecular weight excluding hydrogens is 551 g/mol. The summed E-state index contributed by atoms with van der Waals surface area (Å²) in [6.07, 6.45) is -7.58. The molecule has 0 rings (SSSR count). The van der Waals surface area contributed by atoms with Crippen LogP contribution in [0.15, 0.2) is 0 Å². The molecule has 0 aromatic heterocycles. The Hall–Kier alpha value is -1.19. The van der Waals surface area contributed by atoms with Crippen molar-refractivity contribution >= 4 is 0 Å². The van der Waals surface area contributed by atoms with Gasteiger partial charge < -0.3 is 0 Å². The minimum Gasteiger partial charge on any atom is -0.200 e. The van der Waals surface area contributed by atoms with Crippen molar-refractivity contribution in [3.63, 3.8) is 0 Å². The van der Waals surface area contributed by atoms with Crippen molar-refractivity contribution in [1.29, 1.82) is 0 Å². The highest BCUT2D eigenvalue weighted by atomic mass is 19.4. The highest BCUT2D eigenvalue weighted by molar-refractivity contribution is 5.15. The fraction of sp³-hybridized carbons (Fsp3) is 0.947. The fourth-order valence-corrected chi connectivity index (χ4v) is 2.94. The highest BCUT2D eigenvalue weighted by Gasteiger charge is 2.95. The van der Waals surface area contributed by atoms with Gasteiger partial charge in [0.2, 0.25) is 0 Å². The van der Waals surface area contributed by atoms with E-state index in [1.807, 2.05) is 0 Å². The molecule has 0 bridgehead atoms. The van der Waals surface area contributed by atoms with E-state index in [0.29, 0.717) is 25.7 Å². The van der Waals surface area contributed by atoms with Crippen molar-refractivity contribution in [2.45, 2.75) is 112 Å². The van der Waals surface area contributed by atoms with Crippen molar-refractivity contribution in [3.8, 4) is 0 Å². The van der Waals surface area contributed by atoms with Gasteiger partial charge in [-0.05, 0) is 6.42 Å². The summed E-state index contributed by atoms with van der Waals surface area (Å²) in [5.74, 6) is -55.7. The van der Waals surface area contributed by atoms with Crippen LogP contribution in [0.3, 0.4) is 0 Å². The zero-order valence-corrected chi connectivity index (χ0v) is 18.2. The lowest BCUT2D eigenvalue weighted by Gasteiger charge is -2.42. The van der Waals surface area contributed by atoms with E-state index in [2.05, 4.69) is 6.92 Å². The van der Waals surface area contributed by atoms with Crippen molar-refractivity contribution < 1.29 is 74.6 Å². The van der Waals surface area contributed by atoms with Gasteiger partial charge in [-0.3, -0.25) is 0 Å². The largest absolute Gasteiger partial charge is 0.460 e. The van der Waals surface area contributed by atoms with Crippen LogP contribution in [0.1, 0.15) is 64.2 Å². The molecule has 0 heterocycles. The summed E-state index contributed by atoms with van der Waals surface area (Å²) in [6, 6.07) is 0. The summed E-state index contributed by atoms with van der Waals surface area (Å²) < 4.78 is 224. The zero-order chi connectivity index (χ0) is 29.1. The third-order valence-corrected chi connectivity index (χ3v) is 5.28. The number of unbranched alkanes of at least 4 members (excludes halogenated alkanes) is 8. The van der Waals surface area contributed by atoms with Crippen molar-refractivity contribution in [2.75, 3.05) is 0 Å². The topological polar surface area (TPSA) is 0 Å². The second-order valence-corrected chi connectivity index (χ2v) is 8.08. The Morgan fingerprint density at radius 1 is 0.333 bits per heavy atom. The SMILES string of the molecule is [CH2]CCCCCCCCCCC(F)(F)C(F)(F)C(F)(F)C(F)(F)C(F)(F)C(F)(F)C(F)(F)C(F)(F)F. The van der Waals surface area contributed by atoms with Crippen LogP contribution in [0, 0.1) is 6.92 Å². The van der Waals surface area contributed by atoms with Crippen LogP contribution in [0.2, 0.25) is 0 Å². The maximum Gasteiger partial charge on any atom is 0.460 e. The number of halogens is 17. The van der Waals surface area contributed by atoms with Gasteiger partial charge in [-0.15, -0.1) is 0 Å². The molecule has 0 aromatic rings. The monoisotopic (exact) mass is 573 g/mol. The Bertz CT molecular complexity index is 678. The Balaban J connectivity index is 5.71. The molecule has 0 aliphatic heterocycles. The van der Waals surface area contributed by atoms with E-state index in [4.69, 9.17) is 0 Å². The normalized spacial score (nSPS) is 15.5. The van der Waals surface area contributed by atoms with E-state index in [1.54, 1.807) is 0 Å². The molecule has 0 atom stereocenters. The van der Waals surface area contributed by atoms with Gasteiger partial charge in [0.15, 0.2) is 0 Å². The molecular formula is C19H22F17. The Morgan fingerprint density at radius 2 is 0.611 bits per heavy atom. The molecule has 36 heavy (non-hydrogen) atoms. The summed E-state index contributed by atoms with van der Waals surface area (Å²) in [5, 5.41) is 0. The van der Waals surface area contributed by atoms with Gasteiger partial charge in [-0.2, -0.15) is 74.6 Å². The molecule has 0 fully saturated rings. The molecule has 0 saturated carbocycles. The average molecular weight is 573 g/mol. The van der Waals surface area contributed by atoms with E-state index in [0.717, 1.165) is 12.8 Å². The van der Waals surface area contributed by atoms with E-state index < -0.39 is 60.5 Å². The fourth-order valence-electron chi connectivity index (χ4n) is 2.94. The van der Waals surface area contributed by atoms with Crippen LogP contribution >= 0.6 is 0 Å². The maximum atomic E-state index is 13.7. The first kappa shape index (κ1) is 34.8. The predicted octanol–water partition coefficient (Wildman–Crippen LogP) is 9.73. The molecule has 0 amide bonds. The van der Waals surface area contributed by atoms with Gasteiger partial charge in [0.05, 0.1) is 0 Å². The van der Waals surface area contributed by atoms with E-state index in [1.165, 1.54) is 0 Å². The number of alkyl halides is 17. The van der Waals surface area contributed by atoms with Crippen LogP contribution in [-0.4, -0.2) is 47.6 Å². The van der Waals surface area contributed by atoms with Gasteiger partial charge in [-0.25, -0.2) is 0 Å². The third-order valence-electron chi connectivity index (χ3n) is 5.28. The van der Waals surface area contributed by atoms with Crippen LogP contribution in [0.25, 0.3) is 0 Å². The molecule has 0 aliphatic rings. The molecule has 0 spiro atoms. The Kier molecular flexibility index (Phi) is 10.9.